The molecular formula is C36H60O8. The van der Waals surface area contributed by atoms with Crippen LogP contribution in [-0.2, 0) is 14.3 Å². The number of allylic oxidation sites excluding steroid dienone is 2. The van der Waals surface area contributed by atoms with E-state index >= 15 is 0 Å². The Kier molecular flexibility index (Phi) is 10.3. The van der Waals surface area contributed by atoms with Crippen molar-refractivity contribution in [1.29, 1.82) is 0 Å². The van der Waals surface area contributed by atoms with Gasteiger partial charge in [-0.2, -0.15) is 0 Å². The van der Waals surface area contributed by atoms with Crippen molar-refractivity contribution < 1.29 is 39.8 Å². The summed E-state index contributed by atoms with van der Waals surface area (Å²) in [5.41, 5.74) is 0.484. The van der Waals surface area contributed by atoms with Crippen LogP contribution in [0.25, 0.3) is 0 Å². The van der Waals surface area contributed by atoms with Crippen molar-refractivity contribution in [2.75, 3.05) is 6.61 Å². The molecule has 3 saturated carbocycles. The lowest BCUT2D eigenvalue weighted by Gasteiger charge is -2.68. The van der Waals surface area contributed by atoms with Gasteiger partial charge in [-0.1, -0.05) is 58.9 Å². The summed E-state index contributed by atoms with van der Waals surface area (Å²) in [5, 5.41) is 53.1. The van der Waals surface area contributed by atoms with E-state index in [2.05, 4.69) is 54.7 Å². The largest absolute Gasteiger partial charge is 0.481 e. The molecular weight excluding hydrogens is 560 g/mol. The maximum atomic E-state index is 12.2. The van der Waals surface area contributed by atoms with E-state index in [1.54, 1.807) is 0 Å². The standard InChI is InChI=1S/C36H60O8/c1-20(2)22(5)10-17-36(9,42)24-12-16-35(8)29(24)25(43-32-31(41)30(40)26(19-37)44-32)18-27-33(6,14-13-28(38)39)23(21(3)4)11-15-34(27,35)7/h20,23-27,29-32,37,40-42H,3,5,10-19H2,1-2,4,6-9H3,(H,38,39). The van der Waals surface area contributed by atoms with E-state index in [1.165, 1.54) is 0 Å². The predicted octanol–water partition coefficient (Wildman–Crippen LogP) is 5.47. The highest BCUT2D eigenvalue weighted by atomic mass is 16.7. The molecule has 0 aromatic rings. The zero-order valence-corrected chi connectivity index (χ0v) is 28.2. The number of ether oxygens (including phenoxy) is 2. The van der Waals surface area contributed by atoms with Crippen LogP contribution >= 0.6 is 0 Å². The summed E-state index contributed by atoms with van der Waals surface area (Å²) in [6, 6.07) is 0. The molecule has 1 heterocycles. The summed E-state index contributed by atoms with van der Waals surface area (Å²) >= 11 is 0. The summed E-state index contributed by atoms with van der Waals surface area (Å²) in [6.07, 6.45) is 1.15. The van der Waals surface area contributed by atoms with E-state index in [0.717, 1.165) is 43.3 Å². The molecule has 1 saturated heterocycles. The van der Waals surface area contributed by atoms with Gasteiger partial charge in [-0.25, -0.2) is 0 Å². The molecule has 5 N–H and O–H groups in total. The number of carbonyl (C=O) groups is 1. The van der Waals surface area contributed by atoms with E-state index in [9.17, 15) is 30.3 Å². The molecule has 0 aromatic heterocycles. The Morgan fingerprint density at radius 2 is 1.70 bits per heavy atom. The lowest BCUT2D eigenvalue weighted by molar-refractivity contribution is -0.270. The topological polar surface area (TPSA) is 137 Å². The van der Waals surface area contributed by atoms with Crippen LogP contribution in [0.4, 0.5) is 0 Å². The molecule has 0 radical (unpaired) electrons. The predicted molar refractivity (Wildman–Crippen MR) is 170 cm³/mol. The van der Waals surface area contributed by atoms with E-state index in [4.69, 9.17) is 9.47 Å². The summed E-state index contributed by atoms with van der Waals surface area (Å²) < 4.78 is 12.6. The fourth-order valence-corrected chi connectivity index (χ4v) is 10.5. The Bertz CT molecular complexity index is 1090. The van der Waals surface area contributed by atoms with Gasteiger partial charge in [0.15, 0.2) is 6.29 Å². The van der Waals surface area contributed by atoms with Gasteiger partial charge in [0, 0.05) is 6.42 Å². The minimum atomic E-state index is -1.31. The Morgan fingerprint density at radius 3 is 2.25 bits per heavy atom. The summed E-state index contributed by atoms with van der Waals surface area (Å²) in [5.74, 6) is -0.342. The second-order valence-electron chi connectivity index (χ2n) is 16.2. The Balaban J connectivity index is 1.78. The van der Waals surface area contributed by atoms with Crippen LogP contribution in [0.3, 0.4) is 0 Å². The number of aliphatic carboxylic acids is 1. The molecule has 252 valence electrons. The fourth-order valence-electron chi connectivity index (χ4n) is 10.5. The Labute approximate surface area is 264 Å². The first kappa shape index (κ1) is 35.6. The van der Waals surface area contributed by atoms with Crippen molar-refractivity contribution in [3.63, 3.8) is 0 Å². The highest BCUT2D eigenvalue weighted by Gasteiger charge is 2.70. The third-order valence-electron chi connectivity index (χ3n) is 13.5. The Hall–Kier alpha value is -1.29. The fraction of sp³-hybridized carbons (Fsp3) is 0.861. The zero-order chi connectivity index (χ0) is 33.0. The molecule has 44 heavy (non-hydrogen) atoms. The molecule has 0 amide bonds. The minimum absolute atomic E-state index is 0.0581. The van der Waals surface area contributed by atoms with Gasteiger partial charge in [-0.05, 0) is 111 Å². The van der Waals surface area contributed by atoms with Gasteiger partial charge in [-0.15, -0.1) is 0 Å². The average molecular weight is 621 g/mol. The molecule has 4 aliphatic rings. The smallest absolute Gasteiger partial charge is 0.303 e. The van der Waals surface area contributed by atoms with Crippen molar-refractivity contribution in [2.45, 2.75) is 143 Å². The van der Waals surface area contributed by atoms with Crippen molar-refractivity contribution in [1.82, 2.24) is 0 Å². The molecule has 0 spiro atoms. The molecule has 4 fully saturated rings. The van der Waals surface area contributed by atoms with Gasteiger partial charge in [0.25, 0.3) is 0 Å². The molecule has 8 heteroatoms. The minimum Gasteiger partial charge on any atom is -0.481 e. The lowest BCUT2D eigenvalue weighted by Crippen LogP contribution is -2.64. The van der Waals surface area contributed by atoms with Gasteiger partial charge in [0.2, 0.25) is 0 Å². The third-order valence-corrected chi connectivity index (χ3v) is 13.5. The molecule has 0 bridgehead atoms. The third kappa shape index (κ3) is 5.97. The van der Waals surface area contributed by atoms with E-state index in [-0.39, 0.29) is 46.3 Å². The van der Waals surface area contributed by atoms with Crippen molar-refractivity contribution >= 4 is 5.97 Å². The number of aliphatic hydroxyl groups excluding tert-OH is 3. The molecule has 13 atom stereocenters. The maximum Gasteiger partial charge on any atom is 0.303 e. The highest BCUT2D eigenvalue weighted by molar-refractivity contribution is 5.66. The number of aliphatic hydroxyl groups is 4. The van der Waals surface area contributed by atoms with Gasteiger partial charge in [0.1, 0.15) is 18.3 Å². The van der Waals surface area contributed by atoms with E-state index in [0.29, 0.717) is 25.2 Å². The van der Waals surface area contributed by atoms with Crippen LogP contribution < -0.4 is 0 Å². The number of hydrogen-bond acceptors (Lipinski definition) is 7. The lowest BCUT2D eigenvalue weighted by atomic mass is 9.37. The van der Waals surface area contributed by atoms with Crippen molar-refractivity contribution in [3.8, 4) is 0 Å². The van der Waals surface area contributed by atoms with Crippen LogP contribution in [0.2, 0.25) is 0 Å². The molecule has 0 aromatic carbocycles. The van der Waals surface area contributed by atoms with Crippen LogP contribution in [0.5, 0.6) is 0 Å². The molecule has 1 aliphatic heterocycles. The quantitative estimate of drug-likeness (QED) is 0.181. The normalized spacial score (nSPS) is 45.0. The van der Waals surface area contributed by atoms with Gasteiger partial charge < -0.3 is 35.0 Å². The van der Waals surface area contributed by atoms with Crippen molar-refractivity contribution in [3.05, 3.63) is 24.3 Å². The van der Waals surface area contributed by atoms with Gasteiger partial charge in [-0.3, -0.25) is 4.79 Å². The monoisotopic (exact) mass is 620 g/mol. The number of rotatable bonds is 12. The van der Waals surface area contributed by atoms with E-state index in [1.807, 2.05) is 6.92 Å². The average Bonchev–Trinajstić information content (AvgIpc) is 3.45. The highest BCUT2D eigenvalue weighted by Crippen LogP contribution is 2.74. The van der Waals surface area contributed by atoms with Crippen LogP contribution in [0, 0.1) is 45.8 Å². The van der Waals surface area contributed by atoms with Crippen LogP contribution in [-0.4, -0.2) is 74.4 Å². The SMILES string of the molecule is C=C(CCC(C)(O)C1CCC2(C)C1C(OC1OC(CO)C(O)C1O)CC1C(C)(CCC(=O)O)C(C(=C)C)CCC12C)C(C)C. The number of carboxylic acid groups (broad SMARTS) is 1. The number of hydrogen-bond donors (Lipinski definition) is 5. The second-order valence-corrected chi connectivity index (χ2v) is 16.2. The maximum absolute atomic E-state index is 12.2. The first-order valence-electron chi connectivity index (χ1n) is 16.9. The summed E-state index contributed by atoms with van der Waals surface area (Å²) in [6.45, 7) is 23.4. The number of fused-ring (bicyclic) bond motifs is 3. The van der Waals surface area contributed by atoms with Gasteiger partial charge in [0.05, 0.1) is 18.3 Å². The number of carboxylic acids is 1. The molecule has 8 nitrogen and oxygen atoms in total. The second kappa shape index (κ2) is 12.7. The van der Waals surface area contributed by atoms with Crippen molar-refractivity contribution in [2.24, 2.45) is 45.8 Å². The zero-order valence-electron chi connectivity index (χ0n) is 28.2. The summed E-state index contributed by atoms with van der Waals surface area (Å²) in [7, 11) is 0. The first-order valence-corrected chi connectivity index (χ1v) is 16.9. The van der Waals surface area contributed by atoms with Gasteiger partial charge >= 0.3 is 5.97 Å². The van der Waals surface area contributed by atoms with Crippen LogP contribution in [0.1, 0.15) is 106 Å². The molecule has 13 unspecified atom stereocenters. The molecule has 4 rings (SSSR count). The summed E-state index contributed by atoms with van der Waals surface area (Å²) in [4.78, 5) is 11.9. The first-order chi connectivity index (χ1) is 20.3. The van der Waals surface area contributed by atoms with Crippen LogP contribution in [0.15, 0.2) is 24.3 Å². The molecule has 3 aliphatic carbocycles. The van der Waals surface area contributed by atoms with E-state index < -0.39 is 48.9 Å². The Morgan fingerprint density at radius 1 is 1.07 bits per heavy atom.